The maximum Gasteiger partial charge on any atom is 0.306 e. The van der Waals surface area contributed by atoms with E-state index in [4.69, 9.17) is 14.2 Å². The van der Waals surface area contributed by atoms with Crippen LogP contribution >= 0.6 is 0 Å². The van der Waals surface area contributed by atoms with Crippen LogP contribution in [0.5, 0.6) is 0 Å². The maximum absolute atomic E-state index is 12.9. The van der Waals surface area contributed by atoms with Gasteiger partial charge in [-0.2, -0.15) is 0 Å². The number of ether oxygens (including phenoxy) is 3. The van der Waals surface area contributed by atoms with E-state index in [2.05, 4.69) is 32.9 Å². The third-order valence-electron chi connectivity index (χ3n) is 17.0. The summed E-state index contributed by atoms with van der Waals surface area (Å²) >= 11 is 0. The molecule has 0 aromatic rings. The highest BCUT2D eigenvalue weighted by Gasteiger charge is 2.20. The van der Waals surface area contributed by atoms with Gasteiger partial charge < -0.3 is 14.2 Å². The zero-order valence-corrected chi connectivity index (χ0v) is 54.6. The molecule has 0 aliphatic rings. The van der Waals surface area contributed by atoms with Gasteiger partial charge in [-0.05, 0) is 38.5 Å². The number of hydrogen-bond acceptors (Lipinski definition) is 6. The van der Waals surface area contributed by atoms with E-state index in [1.807, 2.05) is 0 Å². The highest BCUT2D eigenvalue weighted by Crippen LogP contribution is 2.20. The predicted octanol–water partition coefficient (Wildman–Crippen LogP) is 25.2. The Morgan fingerprint density at radius 3 is 0.662 bits per heavy atom. The number of allylic oxidation sites excluding steroid dienone is 2. The Kier molecular flexibility index (Phi) is 68.0. The van der Waals surface area contributed by atoms with Gasteiger partial charge >= 0.3 is 17.9 Å². The van der Waals surface area contributed by atoms with Crippen LogP contribution in [0.25, 0.3) is 0 Å². The molecular weight excluding hydrogens is 985 g/mol. The number of unbranched alkanes of at least 4 members (excludes halogenated alkanes) is 56. The van der Waals surface area contributed by atoms with E-state index in [9.17, 15) is 14.4 Å². The first-order chi connectivity index (χ1) is 39.5. The van der Waals surface area contributed by atoms with E-state index in [1.54, 1.807) is 0 Å². The number of carbonyl (C=O) groups excluding carboxylic acids is 3. The van der Waals surface area contributed by atoms with Crippen molar-refractivity contribution in [3.63, 3.8) is 0 Å². The molecule has 1 atom stereocenters. The Morgan fingerprint density at radius 1 is 0.237 bits per heavy atom. The lowest BCUT2D eigenvalue weighted by Crippen LogP contribution is -2.30. The van der Waals surface area contributed by atoms with Crippen LogP contribution in [0.3, 0.4) is 0 Å². The van der Waals surface area contributed by atoms with Gasteiger partial charge in [0.15, 0.2) is 6.10 Å². The second-order valence-corrected chi connectivity index (χ2v) is 25.2. The largest absolute Gasteiger partial charge is 0.462 e. The smallest absolute Gasteiger partial charge is 0.306 e. The number of rotatable bonds is 69. The molecule has 0 amide bonds. The average molecular weight is 1130 g/mol. The van der Waals surface area contributed by atoms with Crippen LogP contribution in [0, 0.1) is 0 Å². The number of carbonyl (C=O) groups is 3. The van der Waals surface area contributed by atoms with E-state index >= 15 is 0 Å². The molecule has 6 nitrogen and oxygen atoms in total. The van der Waals surface area contributed by atoms with E-state index in [0.717, 1.165) is 64.2 Å². The van der Waals surface area contributed by atoms with Gasteiger partial charge in [0.2, 0.25) is 0 Å². The molecule has 6 heteroatoms. The third kappa shape index (κ3) is 66.9. The Morgan fingerprint density at radius 2 is 0.425 bits per heavy atom. The van der Waals surface area contributed by atoms with Gasteiger partial charge in [-0.25, -0.2) is 0 Å². The molecule has 0 aliphatic heterocycles. The Labute approximate surface area is 501 Å². The molecule has 0 saturated heterocycles. The highest BCUT2D eigenvalue weighted by atomic mass is 16.6. The van der Waals surface area contributed by atoms with Crippen LogP contribution in [0.4, 0.5) is 0 Å². The Balaban J connectivity index is 4.05. The standard InChI is InChI=1S/C74H142O6/c1-4-7-10-13-16-19-22-24-26-28-30-31-32-33-34-35-36-37-38-39-40-41-42-44-45-47-49-52-55-58-61-64-67-73(76)79-70-71(69-78-72(75)66-63-60-57-54-51-21-18-15-12-9-6-3)80-74(77)68-65-62-59-56-53-50-48-46-43-29-27-25-23-20-17-14-11-8-5-2/h15,18,71H,4-14,16-17,19-70H2,1-3H3/b18-15-. The molecule has 0 spiro atoms. The summed E-state index contributed by atoms with van der Waals surface area (Å²) in [4.78, 5) is 38.3. The first-order valence-corrected chi connectivity index (χ1v) is 36.7. The minimum Gasteiger partial charge on any atom is -0.462 e. The van der Waals surface area contributed by atoms with E-state index in [0.29, 0.717) is 19.3 Å². The van der Waals surface area contributed by atoms with Gasteiger partial charge in [0.25, 0.3) is 0 Å². The van der Waals surface area contributed by atoms with Crippen LogP contribution in [-0.4, -0.2) is 37.2 Å². The van der Waals surface area contributed by atoms with Crippen LogP contribution in [0.2, 0.25) is 0 Å². The molecular formula is C74H142O6. The van der Waals surface area contributed by atoms with Crippen molar-refractivity contribution < 1.29 is 28.6 Å². The van der Waals surface area contributed by atoms with Crippen LogP contribution in [-0.2, 0) is 28.6 Å². The summed E-state index contributed by atoms with van der Waals surface area (Å²) in [5.74, 6) is -0.842. The lowest BCUT2D eigenvalue weighted by Gasteiger charge is -2.18. The molecule has 80 heavy (non-hydrogen) atoms. The summed E-state index contributed by atoms with van der Waals surface area (Å²) < 4.78 is 17.0. The van der Waals surface area contributed by atoms with Crippen LogP contribution < -0.4 is 0 Å². The molecule has 0 saturated carbocycles. The monoisotopic (exact) mass is 1130 g/mol. The molecule has 0 aromatic heterocycles. The minimum atomic E-state index is -0.769. The second-order valence-electron chi connectivity index (χ2n) is 25.2. The fraction of sp³-hybridized carbons (Fsp3) is 0.932. The lowest BCUT2D eigenvalue weighted by atomic mass is 10.0. The van der Waals surface area contributed by atoms with E-state index in [1.165, 1.54) is 321 Å². The van der Waals surface area contributed by atoms with Crippen molar-refractivity contribution in [3.05, 3.63) is 12.2 Å². The molecule has 0 rings (SSSR count). The van der Waals surface area contributed by atoms with Crippen molar-refractivity contribution in [2.45, 2.75) is 431 Å². The van der Waals surface area contributed by atoms with Gasteiger partial charge in [0, 0.05) is 19.3 Å². The summed E-state index contributed by atoms with van der Waals surface area (Å²) in [7, 11) is 0. The maximum atomic E-state index is 12.9. The zero-order valence-electron chi connectivity index (χ0n) is 54.6. The minimum absolute atomic E-state index is 0.0659. The van der Waals surface area contributed by atoms with Crippen molar-refractivity contribution >= 4 is 17.9 Å². The predicted molar refractivity (Wildman–Crippen MR) is 349 cm³/mol. The van der Waals surface area contributed by atoms with Crippen LogP contribution in [0.15, 0.2) is 12.2 Å². The summed E-state index contributed by atoms with van der Waals surface area (Å²) in [6.07, 6.45) is 84.2. The van der Waals surface area contributed by atoms with E-state index in [-0.39, 0.29) is 31.1 Å². The first kappa shape index (κ1) is 78.1. The molecule has 0 bridgehead atoms. The topological polar surface area (TPSA) is 78.9 Å². The molecule has 0 aromatic carbocycles. The molecule has 0 aliphatic carbocycles. The molecule has 1 unspecified atom stereocenters. The summed E-state index contributed by atoms with van der Waals surface area (Å²) in [6, 6.07) is 0. The normalized spacial score (nSPS) is 12.0. The van der Waals surface area contributed by atoms with Crippen LogP contribution in [0.1, 0.15) is 425 Å². The van der Waals surface area contributed by atoms with Crippen molar-refractivity contribution in [2.24, 2.45) is 0 Å². The third-order valence-corrected chi connectivity index (χ3v) is 17.0. The Hall–Kier alpha value is -1.85. The van der Waals surface area contributed by atoms with Crippen molar-refractivity contribution in [1.82, 2.24) is 0 Å². The quantitative estimate of drug-likeness (QED) is 0.0261. The molecule has 0 fully saturated rings. The first-order valence-electron chi connectivity index (χ1n) is 36.7. The Bertz CT molecular complexity index is 1250. The van der Waals surface area contributed by atoms with Gasteiger partial charge in [0.05, 0.1) is 0 Å². The fourth-order valence-electron chi connectivity index (χ4n) is 11.5. The molecule has 0 N–H and O–H groups in total. The SMILES string of the molecule is CCCC/C=C\CCCCCCCC(=O)OCC(COC(=O)CCCCCCCCCCCCCCCCCCCCCCCCCCCCCCCCCC)OC(=O)CCCCCCCCCCCCCCCCCCCCC. The molecule has 0 radical (unpaired) electrons. The van der Waals surface area contributed by atoms with Gasteiger partial charge in [-0.1, -0.05) is 380 Å². The summed E-state index contributed by atoms with van der Waals surface area (Å²) in [5.41, 5.74) is 0. The summed E-state index contributed by atoms with van der Waals surface area (Å²) in [6.45, 7) is 6.69. The second kappa shape index (κ2) is 69.6. The van der Waals surface area contributed by atoms with Crippen molar-refractivity contribution in [3.8, 4) is 0 Å². The van der Waals surface area contributed by atoms with Crippen molar-refractivity contribution in [2.75, 3.05) is 13.2 Å². The zero-order chi connectivity index (χ0) is 57.8. The van der Waals surface area contributed by atoms with Gasteiger partial charge in [0.1, 0.15) is 13.2 Å². The fourth-order valence-corrected chi connectivity index (χ4v) is 11.5. The molecule has 0 heterocycles. The van der Waals surface area contributed by atoms with Crippen molar-refractivity contribution in [1.29, 1.82) is 0 Å². The van der Waals surface area contributed by atoms with Gasteiger partial charge in [-0.3, -0.25) is 14.4 Å². The lowest BCUT2D eigenvalue weighted by molar-refractivity contribution is -0.167. The average Bonchev–Trinajstić information content (AvgIpc) is 3.46. The number of hydrogen-bond donors (Lipinski definition) is 0. The number of esters is 3. The molecule has 474 valence electrons. The summed E-state index contributed by atoms with van der Waals surface area (Å²) in [5, 5.41) is 0. The van der Waals surface area contributed by atoms with Gasteiger partial charge in [-0.15, -0.1) is 0 Å². The van der Waals surface area contributed by atoms with E-state index < -0.39 is 6.10 Å². The highest BCUT2D eigenvalue weighted by molar-refractivity contribution is 5.71.